The maximum Gasteiger partial charge on any atom is 0.306 e. The van der Waals surface area contributed by atoms with Crippen LogP contribution in [0.5, 0.6) is 0 Å². The van der Waals surface area contributed by atoms with Gasteiger partial charge in [0.15, 0.2) is 6.10 Å². The Hall–Kier alpha value is -2.37. The first-order valence-electron chi connectivity index (χ1n) is 32.0. The van der Waals surface area contributed by atoms with Gasteiger partial charge in [0.2, 0.25) is 0 Å². The molecule has 0 bridgehead atoms. The number of unbranched alkanes of at least 4 members (excludes halogenated alkanes) is 42. The average molecular weight is 1010 g/mol. The zero-order chi connectivity index (χ0) is 52.2. The Morgan fingerprint density at radius 2 is 0.514 bits per heavy atom. The molecule has 0 saturated heterocycles. The summed E-state index contributed by atoms with van der Waals surface area (Å²) in [6.45, 7) is 6.62. The summed E-state index contributed by atoms with van der Waals surface area (Å²) in [5.41, 5.74) is 0. The van der Waals surface area contributed by atoms with Crippen molar-refractivity contribution in [3.05, 3.63) is 36.5 Å². The van der Waals surface area contributed by atoms with Crippen molar-refractivity contribution in [3.8, 4) is 0 Å². The van der Waals surface area contributed by atoms with E-state index in [1.165, 1.54) is 218 Å². The molecule has 0 spiro atoms. The van der Waals surface area contributed by atoms with Crippen LogP contribution in [0.25, 0.3) is 0 Å². The van der Waals surface area contributed by atoms with Gasteiger partial charge in [0, 0.05) is 19.3 Å². The van der Waals surface area contributed by atoms with Gasteiger partial charge in [-0.1, -0.05) is 295 Å². The molecule has 0 aliphatic carbocycles. The molecule has 0 aromatic carbocycles. The molecule has 72 heavy (non-hydrogen) atoms. The molecule has 6 nitrogen and oxygen atoms in total. The Balaban J connectivity index is 4.21. The molecule has 0 fully saturated rings. The highest BCUT2D eigenvalue weighted by Gasteiger charge is 2.19. The van der Waals surface area contributed by atoms with Crippen molar-refractivity contribution in [2.24, 2.45) is 0 Å². The Bertz CT molecular complexity index is 1210. The lowest BCUT2D eigenvalue weighted by Gasteiger charge is -2.18. The highest BCUT2D eigenvalue weighted by molar-refractivity contribution is 5.71. The molecule has 1 unspecified atom stereocenters. The van der Waals surface area contributed by atoms with E-state index < -0.39 is 6.10 Å². The second-order valence-electron chi connectivity index (χ2n) is 21.7. The van der Waals surface area contributed by atoms with Crippen molar-refractivity contribution >= 4 is 17.9 Å². The van der Waals surface area contributed by atoms with Crippen LogP contribution in [0.2, 0.25) is 0 Å². The number of carbonyl (C=O) groups is 3. The standard InChI is InChI=1S/C66H122O6/c1-4-7-10-13-16-19-22-25-28-29-30-31-32-33-34-35-36-37-38-39-42-44-47-50-53-56-59-65(68)71-62-63(72-66(69)60-57-54-51-48-45-41-27-24-21-18-15-12-9-6-3)61-70-64(67)58-55-52-49-46-43-40-26-23-20-17-14-11-8-5-2/h15,18,23-24,26-27,63H,4-14,16-17,19-22,25,28-62H2,1-3H3/b18-15-,26-23-,27-24-. The van der Waals surface area contributed by atoms with Gasteiger partial charge in [0.25, 0.3) is 0 Å². The van der Waals surface area contributed by atoms with E-state index in [9.17, 15) is 14.4 Å². The molecule has 0 N–H and O–H groups in total. The third-order valence-corrected chi connectivity index (χ3v) is 14.4. The van der Waals surface area contributed by atoms with E-state index in [0.717, 1.165) is 89.9 Å². The molecule has 0 heterocycles. The maximum atomic E-state index is 12.9. The van der Waals surface area contributed by atoms with Crippen molar-refractivity contribution < 1.29 is 28.6 Å². The lowest BCUT2D eigenvalue weighted by Crippen LogP contribution is -2.30. The van der Waals surface area contributed by atoms with E-state index in [4.69, 9.17) is 14.2 Å². The van der Waals surface area contributed by atoms with E-state index in [1.54, 1.807) is 0 Å². The summed E-state index contributed by atoms with van der Waals surface area (Å²) in [5.74, 6) is -0.879. The Morgan fingerprint density at radius 1 is 0.278 bits per heavy atom. The van der Waals surface area contributed by atoms with Crippen molar-refractivity contribution in [2.75, 3.05) is 13.2 Å². The second-order valence-corrected chi connectivity index (χ2v) is 21.7. The van der Waals surface area contributed by atoms with Crippen LogP contribution in [0.3, 0.4) is 0 Å². The van der Waals surface area contributed by atoms with E-state index in [-0.39, 0.29) is 31.1 Å². The molecule has 0 saturated carbocycles. The van der Waals surface area contributed by atoms with Crippen LogP contribution >= 0.6 is 0 Å². The minimum atomic E-state index is -0.781. The largest absolute Gasteiger partial charge is 0.462 e. The molecule has 0 aromatic rings. The van der Waals surface area contributed by atoms with Gasteiger partial charge < -0.3 is 14.2 Å². The van der Waals surface area contributed by atoms with E-state index in [0.29, 0.717) is 19.3 Å². The first kappa shape index (κ1) is 69.6. The smallest absolute Gasteiger partial charge is 0.306 e. The van der Waals surface area contributed by atoms with Crippen LogP contribution in [-0.2, 0) is 28.6 Å². The lowest BCUT2D eigenvalue weighted by atomic mass is 10.0. The molecule has 422 valence electrons. The highest BCUT2D eigenvalue weighted by atomic mass is 16.6. The first-order valence-corrected chi connectivity index (χ1v) is 32.0. The van der Waals surface area contributed by atoms with Crippen LogP contribution in [-0.4, -0.2) is 37.2 Å². The molecule has 0 aliphatic rings. The Labute approximate surface area is 448 Å². The summed E-state index contributed by atoms with van der Waals surface area (Å²) in [4.78, 5) is 38.2. The maximum absolute atomic E-state index is 12.9. The van der Waals surface area contributed by atoms with Gasteiger partial charge >= 0.3 is 17.9 Å². The van der Waals surface area contributed by atoms with Crippen molar-refractivity contribution in [2.45, 2.75) is 354 Å². The minimum Gasteiger partial charge on any atom is -0.462 e. The van der Waals surface area contributed by atoms with E-state index in [2.05, 4.69) is 57.2 Å². The van der Waals surface area contributed by atoms with E-state index in [1.807, 2.05) is 0 Å². The number of esters is 3. The fraction of sp³-hybridized carbons (Fsp3) is 0.864. The number of rotatable bonds is 59. The van der Waals surface area contributed by atoms with Crippen LogP contribution in [0.15, 0.2) is 36.5 Å². The summed E-state index contributed by atoms with van der Waals surface area (Å²) in [6, 6.07) is 0. The summed E-state index contributed by atoms with van der Waals surface area (Å²) < 4.78 is 16.9. The molecular formula is C66H122O6. The monoisotopic (exact) mass is 1010 g/mol. The number of carbonyl (C=O) groups excluding carboxylic acids is 3. The van der Waals surface area contributed by atoms with Gasteiger partial charge in [-0.15, -0.1) is 0 Å². The predicted molar refractivity (Wildman–Crippen MR) is 312 cm³/mol. The third kappa shape index (κ3) is 58.5. The van der Waals surface area contributed by atoms with Crippen molar-refractivity contribution in [1.29, 1.82) is 0 Å². The number of ether oxygens (including phenoxy) is 3. The molecule has 0 aromatic heterocycles. The Morgan fingerprint density at radius 3 is 0.819 bits per heavy atom. The predicted octanol–water partition coefficient (Wildman–Crippen LogP) is 21.6. The SMILES string of the molecule is CCCC/C=C\C/C=C\CCCCCCCC(=O)OC(COC(=O)CCCCCCC/C=C\CCCCCCC)COC(=O)CCCCCCCCCCCCCCCCCCCCCCCCCCCC. The molecule has 0 radical (unpaired) electrons. The van der Waals surface area contributed by atoms with Gasteiger partial charge in [0.05, 0.1) is 0 Å². The first-order chi connectivity index (χ1) is 35.5. The number of allylic oxidation sites excluding steroid dienone is 6. The number of hydrogen-bond acceptors (Lipinski definition) is 6. The van der Waals surface area contributed by atoms with Crippen LogP contribution in [0.1, 0.15) is 348 Å². The van der Waals surface area contributed by atoms with Gasteiger partial charge in [-0.05, 0) is 70.6 Å². The zero-order valence-electron chi connectivity index (χ0n) is 48.5. The lowest BCUT2D eigenvalue weighted by molar-refractivity contribution is -0.167. The van der Waals surface area contributed by atoms with Gasteiger partial charge in [-0.2, -0.15) is 0 Å². The van der Waals surface area contributed by atoms with Crippen LogP contribution in [0.4, 0.5) is 0 Å². The minimum absolute atomic E-state index is 0.0767. The summed E-state index contributed by atoms with van der Waals surface area (Å²) >= 11 is 0. The molecule has 6 heteroatoms. The van der Waals surface area contributed by atoms with E-state index >= 15 is 0 Å². The molecule has 0 rings (SSSR count). The molecule has 0 amide bonds. The molecule has 0 aliphatic heterocycles. The number of hydrogen-bond donors (Lipinski definition) is 0. The van der Waals surface area contributed by atoms with Crippen LogP contribution in [0, 0.1) is 0 Å². The van der Waals surface area contributed by atoms with Gasteiger partial charge in [-0.25, -0.2) is 0 Å². The van der Waals surface area contributed by atoms with Crippen LogP contribution < -0.4 is 0 Å². The molecule has 1 atom stereocenters. The topological polar surface area (TPSA) is 78.9 Å². The third-order valence-electron chi connectivity index (χ3n) is 14.4. The average Bonchev–Trinajstić information content (AvgIpc) is 3.38. The highest BCUT2D eigenvalue weighted by Crippen LogP contribution is 2.18. The second kappa shape index (κ2) is 61.2. The summed E-state index contributed by atoms with van der Waals surface area (Å²) in [5, 5.41) is 0. The normalized spacial score (nSPS) is 12.2. The fourth-order valence-electron chi connectivity index (χ4n) is 9.52. The molecular weight excluding hydrogens is 889 g/mol. The van der Waals surface area contributed by atoms with Gasteiger partial charge in [0.1, 0.15) is 13.2 Å². The van der Waals surface area contributed by atoms with Gasteiger partial charge in [-0.3, -0.25) is 14.4 Å². The van der Waals surface area contributed by atoms with Crippen molar-refractivity contribution in [3.63, 3.8) is 0 Å². The Kier molecular flexibility index (Phi) is 59.2. The summed E-state index contributed by atoms with van der Waals surface area (Å²) in [7, 11) is 0. The van der Waals surface area contributed by atoms with Crippen molar-refractivity contribution in [1.82, 2.24) is 0 Å². The quantitative estimate of drug-likeness (QED) is 0.0261. The zero-order valence-corrected chi connectivity index (χ0v) is 48.5. The fourth-order valence-corrected chi connectivity index (χ4v) is 9.52. The summed E-state index contributed by atoms with van der Waals surface area (Å²) in [6.07, 6.45) is 74.5.